The summed E-state index contributed by atoms with van der Waals surface area (Å²) in [5.41, 5.74) is 14.0. The highest BCUT2D eigenvalue weighted by atomic mass is 15.1. The van der Waals surface area contributed by atoms with Gasteiger partial charge in [-0.25, -0.2) is 4.98 Å². The van der Waals surface area contributed by atoms with E-state index >= 15 is 0 Å². The first-order valence-corrected chi connectivity index (χ1v) is 8.27. The first-order chi connectivity index (χ1) is 11.9. The monoisotopic (exact) mass is 329 g/mol. The summed E-state index contributed by atoms with van der Waals surface area (Å²) in [5, 5.41) is 0. The van der Waals surface area contributed by atoms with Crippen LogP contribution in [0.1, 0.15) is 28.2 Å². The van der Waals surface area contributed by atoms with Gasteiger partial charge in [-0.2, -0.15) is 0 Å². The van der Waals surface area contributed by atoms with Crippen molar-refractivity contribution in [3.63, 3.8) is 0 Å². The molecule has 0 saturated carbocycles. The summed E-state index contributed by atoms with van der Waals surface area (Å²) in [7, 11) is 0. The molecule has 0 aliphatic heterocycles. The Morgan fingerprint density at radius 3 is 2.44 bits per heavy atom. The van der Waals surface area contributed by atoms with Crippen LogP contribution in [0.25, 0.3) is 28.7 Å². The minimum Gasteiger partial charge on any atom is -0.396 e. The lowest BCUT2D eigenvalue weighted by molar-refractivity contribution is 1.01. The smallest absolute Gasteiger partial charge is 0.161 e. The maximum Gasteiger partial charge on any atom is 0.161 e. The quantitative estimate of drug-likeness (QED) is 0.729. The molecule has 3 aromatic rings. The summed E-state index contributed by atoms with van der Waals surface area (Å²) in [5.74, 6) is 0.653. The molecular formula is C22H23N3. The number of benzene rings is 2. The molecule has 0 fully saturated rings. The van der Waals surface area contributed by atoms with Crippen molar-refractivity contribution in [2.24, 2.45) is 5.73 Å². The van der Waals surface area contributed by atoms with Crippen LogP contribution in [0.4, 0.5) is 0 Å². The molecule has 3 nitrogen and oxygen atoms in total. The highest BCUT2D eigenvalue weighted by Crippen LogP contribution is 2.34. The summed E-state index contributed by atoms with van der Waals surface area (Å²) in [4.78, 5) is 4.71. The van der Waals surface area contributed by atoms with Gasteiger partial charge in [0.05, 0.1) is 22.8 Å². The van der Waals surface area contributed by atoms with Crippen molar-refractivity contribution in [2.75, 3.05) is 0 Å². The van der Waals surface area contributed by atoms with Gasteiger partial charge in [-0.15, -0.1) is 0 Å². The number of aryl methyl sites for hydroxylation is 3. The van der Waals surface area contributed by atoms with Crippen LogP contribution in [-0.4, -0.2) is 9.55 Å². The molecule has 0 bridgehead atoms. The third kappa shape index (κ3) is 2.89. The fourth-order valence-corrected chi connectivity index (χ4v) is 3.09. The van der Waals surface area contributed by atoms with E-state index < -0.39 is 0 Å². The van der Waals surface area contributed by atoms with Crippen LogP contribution in [-0.2, 0) is 0 Å². The van der Waals surface area contributed by atoms with Crippen LogP contribution in [0, 0.1) is 20.8 Å². The number of aromatic nitrogens is 2. The molecule has 3 rings (SSSR count). The highest BCUT2D eigenvalue weighted by molar-refractivity contribution is 5.78. The summed E-state index contributed by atoms with van der Waals surface area (Å²) >= 11 is 0. The van der Waals surface area contributed by atoms with Crippen molar-refractivity contribution < 1.29 is 0 Å². The van der Waals surface area contributed by atoms with Crippen LogP contribution in [0.5, 0.6) is 0 Å². The average molecular weight is 329 g/mol. The van der Waals surface area contributed by atoms with Gasteiger partial charge in [-0.1, -0.05) is 49.1 Å². The molecule has 1 heterocycles. The van der Waals surface area contributed by atoms with Crippen molar-refractivity contribution in [3.8, 4) is 16.9 Å². The van der Waals surface area contributed by atoms with Crippen LogP contribution >= 0.6 is 0 Å². The lowest BCUT2D eigenvalue weighted by Gasteiger charge is -2.16. The molecule has 0 radical (unpaired) electrons. The third-order valence-corrected chi connectivity index (χ3v) is 4.39. The molecule has 0 aliphatic rings. The van der Waals surface area contributed by atoms with E-state index in [1.807, 2.05) is 12.1 Å². The molecule has 2 aromatic carbocycles. The maximum atomic E-state index is 6.07. The van der Waals surface area contributed by atoms with E-state index in [0.29, 0.717) is 11.5 Å². The van der Waals surface area contributed by atoms with Crippen LogP contribution in [0.2, 0.25) is 0 Å². The van der Waals surface area contributed by atoms with Gasteiger partial charge >= 0.3 is 0 Å². The van der Waals surface area contributed by atoms with E-state index in [2.05, 4.69) is 68.8 Å². The Hall–Kier alpha value is -3.07. The van der Waals surface area contributed by atoms with Crippen molar-refractivity contribution in [1.29, 1.82) is 0 Å². The topological polar surface area (TPSA) is 43.8 Å². The summed E-state index contributed by atoms with van der Waals surface area (Å²) in [6, 6.07) is 14.6. The number of rotatable bonds is 4. The van der Waals surface area contributed by atoms with Crippen molar-refractivity contribution in [1.82, 2.24) is 9.55 Å². The van der Waals surface area contributed by atoms with E-state index in [1.165, 1.54) is 11.1 Å². The zero-order valence-electron chi connectivity index (χ0n) is 15.0. The molecule has 126 valence electrons. The Kier molecular flexibility index (Phi) is 4.32. The minimum atomic E-state index is 0.433. The Labute approximate surface area is 149 Å². The van der Waals surface area contributed by atoms with Gasteiger partial charge < -0.3 is 5.73 Å². The third-order valence-electron chi connectivity index (χ3n) is 4.39. The van der Waals surface area contributed by atoms with Gasteiger partial charge in [0.25, 0.3) is 0 Å². The SMILES string of the molecule is C=Cc1nc(C(=C)N)n(-c2ccccc2C)c1-c1cc(C)ccc1C. The lowest BCUT2D eigenvalue weighted by Crippen LogP contribution is -2.08. The van der Waals surface area contributed by atoms with Crippen LogP contribution in [0.3, 0.4) is 0 Å². The normalized spacial score (nSPS) is 10.7. The van der Waals surface area contributed by atoms with Gasteiger partial charge in [-0.05, 0) is 50.1 Å². The molecule has 0 aliphatic carbocycles. The number of hydrogen-bond donors (Lipinski definition) is 1. The first kappa shape index (κ1) is 16.8. The van der Waals surface area contributed by atoms with Gasteiger partial charge in [0, 0.05) is 5.56 Å². The average Bonchev–Trinajstić information content (AvgIpc) is 2.97. The maximum absolute atomic E-state index is 6.07. The number of para-hydroxylation sites is 1. The molecule has 0 atom stereocenters. The molecule has 3 heteroatoms. The molecule has 2 N–H and O–H groups in total. The van der Waals surface area contributed by atoms with Gasteiger partial charge in [0.1, 0.15) is 0 Å². The Balaban J connectivity index is 2.46. The molecule has 0 saturated heterocycles. The predicted molar refractivity (Wildman–Crippen MR) is 107 cm³/mol. The fourth-order valence-electron chi connectivity index (χ4n) is 3.09. The number of hydrogen-bond acceptors (Lipinski definition) is 2. The number of nitrogens with zero attached hydrogens (tertiary/aromatic N) is 2. The van der Waals surface area contributed by atoms with E-state index in [-0.39, 0.29) is 0 Å². The zero-order chi connectivity index (χ0) is 18.1. The molecule has 0 amide bonds. The summed E-state index contributed by atoms with van der Waals surface area (Å²) in [6.45, 7) is 14.2. The summed E-state index contributed by atoms with van der Waals surface area (Å²) < 4.78 is 2.09. The standard InChI is InChI=1S/C22H23N3/c1-6-19-21(18-13-14(2)11-12-15(18)3)25(22(24-19)17(5)23)20-10-8-7-9-16(20)4/h6-13H,1,5,23H2,2-4H3. The number of nitrogens with two attached hydrogens (primary N) is 1. The first-order valence-electron chi connectivity index (χ1n) is 8.27. The molecule has 0 unspecified atom stereocenters. The Morgan fingerprint density at radius 1 is 1.08 bits per heavy atom. The highest BCUT2D eigenvalue weighted by Gasteiger charge is 2.21. The second-order valence-electron chi connectivity index (χ2n) is 6.34. The van der Waals surface area contributed by atoms with Crippen molar-refractivity contribution >= 4 is 11.8 Å². The molecular weight excluding hydrogens is 306 g/mol. The Morgan fingerprint density at radius 2 is 1.80 bits per heavy atom. The fraction of sp³-hybridized carbons (Fsp3) is 0.136. The number of imidazole rings is 1. The van der Waals surface area contributed by atoms with Crippen molar-refractivity contribution in [2.45, 2.75) is 20.8 Å². The van der Waals surface area contributed by atoms with Crippen LogP contribution in [0.15, 0.2) is 55.6 Å². The van der Waals surface area contributed by atoms with Crippen molar-refractivity contribution in [3.05, 3.63) is 83.8 Å². The summed E-state index contributed by atoms with van der Waals surface area (Å²) in [6.07, 6.45) is 1.78. The Bertz CT molecular complexity index is 977. The van der Waals surface area contributed by atoms with E-state index in [1.54, 1.807) is 6.08 Å². The van der Waals surface area contributed by atoms with E-state index in [4.69, 9.17) is 10.7 Å². The van der Waals surface area contributed by atoms with E-state index in [0.717, 1.165) is 28.2 Å². The van der Waals surface area contributed by atoms with Gasteiger partial charge in [0.15, 0.2) is 5.82 Å². The van der Waals surface area contributed by atoms with Gasteiger partial charge in [0.2, 0.25) is 0 Å². The lowest BCUT2D eigenvalue weighted by atomic mass is 10.0. The van der Waals surface area contributed by atoms with E-state index in [9.17, 15) is 0 Å². The predicted octanol–water partition coefficient (Wildman–Crippen LogP) is 5.04. The zero-order valence-corrected chi connectivity index (χ0v) is 15.0. The molecule has 0 spiro atoms. The largest absolute Gasteiger partial charge is 0.396 e. The molecule has 1 aromatic heterocycles. The molecule has 25 heavy (non-hydrogen) atoms. The second-order valence-corrected chi connectivity index (χ2v) is 6.34. The van der Waals surface area contributed by atoms with Gasteiger partial charge in [-0.3, -0.25) is 4.57 Å². The second kappa shape index (κ2) is 6.44. The minimum absolute atomic E-state index is 0.433. The van der Waals surface area contributed by atoms with Crippen LogP contribution < -0.4 is 5.73 Å².